The Kier molecular flexibility index (Phi) is 4.30. The van der Waals surface area contributed by atoms with Crippen LogP contribution in [0.1, 0.15) is 11.3 Å². The lowest BCUT2D eigenvalue weighted by atomic mass is 10.2. The highest BCUT2D eigenvalue weighted by molar-refractivity contribution is 6.30. The van der Waals surface area contributed by atoms with Gasteiger partial charge in [0.2, 0.25) is 5.78 Å². The molecule has 0 saturated heterocycles. The molecular formula is C19H21ClN6O2. The zero-order valence-corrected chi connectivity index (χ0v) is 16.9. The number of halogens is 1. The summed E-state index contributed by atoms with van der Waals surface area (Å²) in [5.74, 6) is 0.635. The Morgan fingerprint density at radius 2 is 1.89 bits per heavy atom. The first kappa shape index (κ1) is 18.4. The first-order chi connectivity index (χ1) is 13.3. The van der Waals surface area contributed by atoms with Gasteiger partial charge in [-0.3, -0.25) is 18.3 Å². The quantitative estimate of drug-likeness (QED) is 0.568. The van der Waals surface area contributed by atoms with Gasteiger partial charge in [0.15, 0.2) is 11.2 Å². The number of aromatic nitrogens is 5. The van der Waals surface area contributed by atoms with Gasteiger partial charge in [-0.25, -0.2) is 4.79 Å². The molecule has 0 bridgehead atoms. The molecule has 0 amide bonds. The molecule has 9 heteroatoms. The maximum Gasteiger partial charge on any atom is 0.332 e. The molecule has 0 aliphatic carbocycles. The summed E-state index contributed by atoms with van der Waals surface area (Å²) in [6.45, 7) is 5.30. The first-order valence-electron chi connectivity index (χ1n) is 8.93. The fourth-order valence-corrected chi connectivity index (χ4v) is 3.67. The third kappa shape index (κ3) is 2.72. The van der Waals surface area contributed by atoms with Gasteiger partial charge in [-0.2, -0.15) is 4.98 Å². The van der Waals surface area contributed by atoms with Crippen LogP contribution in [0.2, 0.25) is 5.02 Å². The number of imidazole rings is 2. The lowest BCUT2D eigenvalue weighted by Crippen LogP contribution is -2.37. The Morgan fingerprint density at radius 3 is 2.64 bits per heavy atom. The predicted molar refractivity (Wildman–Crippen MR) is 111 cm³/mol. The van der Waals surface area contributed by atoms with Crippen molar-refractivity contribution in [2.24, 2.45) is 14.1 Å². The molecule has 0 fully saturated rings. The lowest BCUT2D eigenvalue weighted by molar-refractivity contribution is 0.706. The van der Waals surface area contributed by atoms with Crippen LogP contribution in [-0.2, 0) is 20.6 Å². The van der Waals surface area contributed by atoms with Crippen molar-refractivity contribution in [3.05, 3.63) is 61.5 Å². The average molecular weight is 401 g/mol. The molecule has 3 aromatic heterocycles. The second-order valence-electron chi connectivity index (χ2n) is 6.97. The fraction of sp³-hybridized carbons (Fsp3) is 0.316. The van der Waals surface area contributed by atoms with Crippen LogP contribution in [0.3, 0.4) is 0 Å². The van der Waals surface area contributed by atoms with Crippen LogP contribution in [-0.4, -0.2) is 29.6 Å². The largest absolute Gasteiger partial charge is 0.383 e. The Hall–Kier alpha value is -3.00. The van der Waals surface area contributed by atoms with Crippen LogP contribution in [0.5, 0.6) is 0 Å². The van der Waals surface area contributed by atoms with Crippen molar-refractivity contribution in [1.82, 2.24) is 23.1 Å². The minimum absolute atomic E-state index is 0.351. The number of hydrogen-bond donors (Lipinski definition) is 1. The summed E-state index contributed by atoms with van der Waals surface area (Å²) in [5.41, 5.74) is 3.12. The fourth-order valence-electron chi connectivity index (χ4n) is 3.49. The lowest BCUT2D eigenvalue weighted by Gasteiger charge is -2.11. The van der Waals surface area contributed by atoms with Crippen molar-refractivity contribution < 1.29 is 0 Å². The molecule has 0 spiro atoms. The molecule has 0 radical (unpaired) electrons. The van der Waals surface area contributed by atoms with Crippen LogP contribution >= 0.6 is 11.6 Å². The molecule has 0 atom stereocenters. The van der Waals surface area contributed by atoms with Crippen LogP contribution in [0.15, 0.2) is 34.0 Å². The monoisotopic (exact) mass is 400 g/mol. The zero-order valence-electron chi connectivity index (χ0n) is 16.2. The average Bonchev–Trinajstić information content (AvgIpc) is 3.17. The van der Waals surface area contributed by atoms with E-state index in [1.54, 1.807) is 11.4 Å². The van der Waals surface area contributed by atoms with E-state index in [0.717, 1.165) is 21.5 Å². The molecule has 0 aliphatic heterocycles. The second kappa shape index (κ2) is 6.56. The van der Waals surface area contributed by atoms with Crippen molar-refractivity contribution in [3.63, 3.8) is 0 Å². The van der Waals surface area contributed by atoms with E-state index in [4.69, 9.17) is 11.6 Å². The third-order valence-corrected chi connectivity index (χ3v) is 5.34. The highest BCUT2D eigenvalue weighted by atomic mass is 35.5. The minimum Gasteiger partial charge on any atom is -0.383 e. The molecule has 0 saturated carbocycles. The summed E-state index contributed by atoms with van der Waals surface area (Å²) in [6, 6.07) is 5.74. The number of aryl methyl sites for hydroxylation is 3. The van der Waals surface area contributed by atoms with Crippen molar-refractivity contribution in [2.45, 2.75) is 20.4 Å². The molecule has 28 heavy (non-hydrogen) atoms. The standard InChI is InChI=1S/C19H21ClN6O2/c1-11-5-6-13(20)9-14(11)21-7-8-25-12(2)10-26-15-16(22-18(25)26)23(3)19(28)24(4)17(15)27/h5-6,9-10,21H,7-8H2,1-4H3. The van der Waals surface area contributed by atoms with E-state index >= 15 is 0 Å². The Morgan fingerprint density at radius 1 is 1.14 bits per heavy atom. The number of nitrogens with zero attached hydrogens (tertiary/aromatic N) is 5. The predicted octanol–water partition coefficient (Wildman–Crippen LogP) is 2.07. The molecule has 3 heterocycles. The van der Waals surface area contributed by atoms with Gasteiger partial charge < -0.3 is 9.88 Å². The zero-order chi connectivity index (χ0) is 20.2. The first-order valence-corrected chi connectivity index (χ1v) is 9.31. The molecule has 4 rings (SSSR count). The highest BCUT2D eigenvalue weighted by Gasteiger charge is 2.18. The summed E-state index contributed by atoms with van der Waals surface area (Å²) < 4.78 is 6.29. The van der Waals surface area contributed by atoms with Gasteiger partial charge in [0.25, 0.3) is 5.56 Å². The maximum absolute atomic E-state index is 12.6. The van der Waals surface area contributed by atoms with E-state index in [-0.39, 0.29) is 11.2 Å². The van der Waals surface area contributed by atoms with Crippen molar-refractivity contribution >= 4 is 34.2 Å². The van der Waals surface area contributed by atoms with Gasteiger partial charge in [-0.05, 0) is 31.5 Å². The van der Waals surface area contributed by atoms with E-state index in [2.05, 4.69) is 10.3 Å². The van der Waals surface area contributed by atoms with E-state index in [1.807, 2.05) is 42.8 Å². The van der Waals surface area contributed by atoms with Crippen LogP contribution in [0.25, 0.3) is 16.9 Å². The summed E-state index contributed by atoms with van der Waals surface area (Å²) in [6.07, 6.45) is 1.88. The molecule has 0 unspecified atom stereocenters. The Balaban J connectivity index is 1.74. The third-order valence-electron chi connectivity index (χ3n) is 5.11. The van der Waals surface area contributed by atoms with Gasteiger partial charge in [-0.1, -0.05) is 17.7 Å². The molecule has 1 N–H and O–H groups in total. The summed E-state index contributed by atoms with van der Waals surface area (Å²) >= 11 is 6.08. The number of hydrogen-bond acceptors (Lipinski definition) is 4. The number of fused-ring (bicyclic) bond motifs is 3. The minimum atomic E-state index is -0.389. The van der Waals surface area contributed by atoms with Crippen LogP contribution in [0.4, 0.5) is 5.69 Å². The number of anilines is 1. The molecule has 1 aromatic carbocycles. The molecule has 0 aliphatic rings. The van der Waals surface area contributed by atoms with Gasteiger partial charge in [0.1, 0.15) is 0 Å². The topological polar surface area (TPSA) is 78.3 Å². The van der Waals surface area contributed by atoms with Gasteiger partial charge >= 0.3 is 5.69 Å². The van der Waals surface area contributed by atoms with Crippen LogP contribution < -0.4 is 16.6 Å². The summed E-state index contributed by atoms with van der Waals surface area (Å²) in [5, 5.41) is 4.08. The van der Waals surface area contributed by atoms with E-state index in [9.17, 15) is 9.59 Å². The molecule has 146 valence electrons. The van der Waals surface area contributed by atoms with E-state index < -0.39 is 0 Å². The van der Waals surface area contributed by atoms with Gasteiger partial charge in [0.05, 0.1) is 0 Å². The van der Waals surface area contributed by atoms with Crippen molar-refractivity contribution in [2.75, 3.05) is 11.9 Å². The van der Waals surface area contributed by atoms with E-state index in [0.29, 0.717) is 35.1 Å². The number of nitrogens with one attached hydrogen (secondary N) is 1. The molecular weight excluding hydrogens is 380 g/mol. The Bertz CT molecular complexity index is 1340. The molecule has 8 nitrogen and oxygen atoms in total. The van der Waals surface area contributed by atoms with Gasteiger partial charge in [0, 0.05) is 49.8 Å². The van der Waals surface area contributed by atoms with Crippen molar-refractivity contribution in [1.29, 1.82) is 0 Å². The number of benzene rings is 1. The SMILES string of the molecule is Cc1ccc(Cl)cc1NCCn1c(C)cn2c3c(=O)n(C)c(=O)n(C)c3nc12. The summed E-state index contributed by atoms with van der Waals surface area (Å²) in [4.78, 5) is 29.4. The van der Waals surface area contributed by atoms with Crippen LogP contribution in [0, 0.1) is 13.8 Å². The smallest absolute Gasteiger partial charge is 0.332 e. The number of rotatable bonds is 4. The second-order valence-corrected chi connectivity index (χ2v) is 7.40. The van der Waals surface area contributed by atoms with Gasteiger partial charge in [-0.15, -0.1) is 0 Å². The normalized spacial score (nSPS) is 11.6. The Labute approximate surface area is 165 Å². The maximum atomic E-state index is 12.6. The molecule has 4 aromatic rings. The van der Waals surface area contributed by atoms with E-state index in [1.165, 1.54) is 11.6 Å². The summed E-state index contributed by atoms with van der Waals surface area (Å²) in [7, 11) is 3.10. The van der Waals surface area contributed by atoms with Crippen molar-refractivity contribution in [3.8, 4) is 0 Å². The highest BCUT2D eigenvalue weighted by Crippen LogP contribution is 2.20.